The van der Waals surface area contributed by atoms with E-state index in [1.807, 2.05) is 42.5 Å². The predicted molar refractivity (Wildman–Crippen MR) is 123 cm³/mol. The Labute approximate surface area is 194 Å². The lowest BCUT2D eigenvalue weighted by Crippen LogP contribution is -2.55. The van der Waals surface area contributed by atoms with E-state index >= 15 is 0 Å². The molecule has 158 valence electrons. The Hall–Kier alpha value is -1.88. The molecule has 1 atom stereocenters. The summed E-state index contributed by atoms with van der Waals surface area (Å²) in [5.41, 5.74) is 1.63. The SMILES string of the molecule is CN1CCN(C2=Nc3ccccc3Oc3ccc(Cl)cc32)CC1COCC(=O)OI. The Bertz CT molecular complexity index is 971. The highest BCUT2D eigenvalue weighted by molar-refractivity contribution is 14.1. The molecule has 2 aliphatic rings. The number of fused-ring (bicyclic) bond motifs is 2. The van der Waals surface area contributed by atoms with Gasteiger partial charge in [-0.1, -0.05) is 23.7 Å². The molecular formula is C21H21ClIN3O4. The molecule has 1 fully saturated rings. The average molecular weight is 542 g/mol. The van der Waals surface area contributed by atoms with Gasteiger partial charge in [0.25, 0.3) is 0 Å². The molecule has 0 saturated carbocycles. The van der Waals surface area contributed by atoms with Gasteiger partial charge in [0.1, 0.15) is 23.9 Å². The lowest BCUT2D eigenvalue weighted by Gasteiger charge is -2.40. The quantitative estimate of drug-likeness (QED) is 0.545. The third kappa shape index (κ3) is 4.72. The Morgan fingerprint density at radius 3 is 2.93 bits per heavy atom. The molecule has 1 saturated heterocycles. The van der Waals surface area contributed by atoms with Crippen LogP contribution in [0.15, 0.2) is 47.5 Å². The highest BCUT2D eigenvalue weighted by atomic mass is 127. The Balaban J connectivity index is 1.62. The molecule has 7 nitrogen and oxygen atoms in total. The number of rotatable bonds is 4. The summed E-state index contributed by atoms with van der Waals surface area (Å²) in [6.07, 6.45) is 0. The second-order valence-electron chi connectivity index (χ2n) is 7.19. The number of ether oxygens (including phenoxy) is 2. The number of piperazine rings is 1. The van der Waals surface area contributed by atoms with Crippen LogP contribution >= 0.6 is 34.6 Å². The van der Waals surface area contributed by atoms with Gasteiger partial charge in [-0.3, -0.25) is 4.90 Å². The summed E-state index contributed by atoms with van der Waals surface area (Å²) in [6, 6.07) is 13.4. The molecule has 0 spiro atoms. The van der Waals surface area contributed by atoms with Crippen molar-refractivity contribution in [3.8, 4) is 11.5 Å². The molecule has 30 heavy (non-hydrogen) atoms. The van der Waals surface area contributed by atoms with E-state index in [2.05, 4.69) is 19.9 Å². The molecule has 0 bridgehead atoms. The van der Waals surface area contributed by atoms with E-state index < -0.39 is 5.97 Å². The zero-order valence-electron chi connectivity index (χ0n) is 16.4. The maximum absolute atomic E-state index is 11.3. The van der Waals surface area contributed by atoms with Gasteiger partial charge in [0, 0.05) is 24.7 Å². The molecule has 2 aromatic carbocycles. The van der Waals surface area contributed by atoms with E-state index in [-0.39, 0.29) is 12.6 Å². The highest BCUT2D eigenvalue weighted by Gasteiger charge is 2.30. The van der Waals surface area contributed by atoms with Crippen LogP contribution in [0.4, 0.5) is 5.69 Å². The van der Waals surface area contributed by atoms with Crippen LogP contribution in [-0.2, 0) is 12.6 Å². The topological polar surface area (TPSA) is 63.6 Å². The summed E-state index contributed by atoms with van der Waals surface area (Å²) in [5, 5.41) is 0.627. The molecule has 0 aliphatic carbocycles. The largest absolute Gasteiger partial charge is 0.454 e. The molecule has 0 aromatic heterocycles. The number of halogens is 2. The Morgan fingerprint density at radius 1 is 1.27 bits per heavy atom. The van der Waals surface area contributed by atoms with Gasteiger partial charge < -0.3 is 17.4 Å². The lowest BCUT2D eigenvalue weighted by atomic mass is 10.1. The van der Waals surface area contributed by atoms with Crippen molar-refractivity contribution < 1.29 is 17.3 Å². The van der Waals surface area contributed by atoms with Gasteiger partial charge in [-0.25, -0.2) is 9.79 Å². The zero-order chi connectivity index (χ0) is 21.1. The number of hydrogen-bond acceptors (Lipinski definition) is 7. The van der Waals surface area contributed by atoms with Gasteiger partial charge >= 0.3 is 5.97 Å². The first-order chi connectivity index (χ1) is 14.5. The number of hydrogen-bond donors (Lipinski definition) is 0. The van der Waals surface area contributed by atoms with Crippen molar-refractivity contribution in [3.63, 3.8) is 0 Å². The molecule has 1 unspecified atom stereocenters. The highest BCUT2D eigenvalue weighted by Crippen LogP contribution is 2.39. The first-order valence-electron chi connectivity index (χ1n) is 9.55. The molecular weight excluding hydrogens is 521 g/mol. The fourth-order valence-electron chi connectivity index (χ4n) is 3.55. The van der Waals surface area contributed by atoms with E-state index in [1.54, 1.807) is 23.0 Å². The van der Waals surface area contributed by atoms with Gasteiger partial charge in [0.15, 0.2) is 28.8 Å². The molecule has 2 heterocycles. The van der Waals surface area contributed by atoms with Gasteiger partial charge in [0.05, 0.1) is 18.2 Å². The fraction of sp³-hybridized carbons (Fsp3) is 0.333. The zero-order valence-corrected chi connectivity index (χ0v) is 19.3. The maximum atomic E-state index is 11.3. The molecule has 0 amide bonds. The second kappa shape index (κ2) is 9.51. The number of para-hydroxylation sites is 2. The van der Waals surface area contributed by atoms with Gasteiger partial charge in [-0.2, -0.15) is 0 Å². The van der Waals surface area contributed by atoms with Gasteiger partial charge in [-0.05, 0) is 37.4 Å². The van der Waals surface area contributed by atoms with Gasteiger partial charge in [0.2, 0.25) is 0 Å². The van der Waals surface area contributed by atoms with Crippen LogP contribution in [0.2, 0.25) is 5.02 Å². The predicted octanol–water partition coefficient (Wildman–Crippen LogP) is 4.05. The summed E-state index contributed by atoms with van der Waals surface area (Å²) >= 11 is 7.87. The number of amidine groups is 1. The summed E-state index contributed by atoms with van der Waals surface area (Å²) in [7, 11) is 2.06. The van der Waals surface area contributed by atoms with Crippen molar-refractivity contribution in [1.29, 1.82) is 0 Å². The Kier molecular flexibility index (Phi) is 6.77. The minimum atomic E-state index is -0.392. The molecule has 2 aliphatic heterocycles. The Morgan fingerprint density at radius 2 is 2.10 bits per heavy atom. The van der Waals surface area contributed by atoms with Crippen molar-refractivity contribution in [3.05, 3.63) is 53.1 Å². The molecule has 0 N–H and O–H groups in total. The third-order valence-corrected chi connectivity index (χ3v) is 5.91. The third-order valence-electron chi connectivity index (χ3n) is 5.19. The fourth-order valence-corrected chi connectivity index (χ4v) is 3.85. The summed E-state index contributed by atoms with van der Waals surface area (Å²) in [5.74, 6) is 1.86. The molecule has 9 heteroatoms. The van der Waals surface area contributed by atoms with E-state index in [0.717, 1.165) is 35.9 Å². The molecule has 2 aromatic rings. The van der Waals surface area contributed by atoms with Crippen LogP contribution in [0.5, 0.6) is 11.5 Å². The number of likely N-dealkylation sites (N-methyl/N-ethyl adjacent to an activating group) is 1. The normalized spacial score (nSPS) is 18.6. The van der Waals surface area contributed by atoms with Crippen LogP contribution in [-0.4, -0.2) is 67.5 Å². The van der Waals surface area contributed by atoms with Crippen LogP contribution in [0.1, 0.15) is 5.56 Å². The standard InChI is InChI=1S/C21H21ClIN3O4/c1-25-8-9-26(11-15(25)12-28-13-20(27)30-23)21-16-10-14(22)6-7-18(16)29-19-5-3-2-4-17(19)24-21/h2-7,10,15H,8-9,11-13H2,1H3. The average Bonchev–Trinajstić information content (AvgIpc) is 2.91. The van der Waals surface area contributed by atoms with E-state index in [1.165, 1.54) is 0 Å². The van der Waals surface area contributed by atoms with Crippen LogP contribution < -0.4 is 4.74 Å². The summed E-state index contributed by atoms with van der Waals surface area (Å²) in [6.45, 7) is 2.69. The first-order valence-corrected chi connectivity index (χ1v) is 10.8. The molecule has 0 radical (unpaired) electrons. The minimum Gasteiger partial charge on any atom is -0.454 e. The van der Waals surface area contributed by atoms with E-state index in [4.69, 9.17) is 26.1 Å². The second-order valence-corrected chi connectivity index (χ2v) is 8.07. The number of nitrogens with zero attached hydrogens (tertiary/aromatic N) is 3. The monoisotopic (exact) mass is 541 g/mol. The van der Waals surface area contributed by atoms with Crippen molar-refractivity contribution in [2.24, 2.45) is 4.99 Å². The summed E-state index contributed by atoms with van der Waals surface area (Å²) in [4.78, 5) is 20.8. The van der Waals surface area contributed by atoms with Crippen molar-refractivity contribution in [2.75, 3.05) is 39.9 Å². The van der Waals surface area contributed by atoms with Crippen molar-refractivity contribution in [2.45, 2.75) is 6.04 Å². The first kappa shape index (κ1) is 21.4. The van der Waals surface area contributed by atoms with Crippen LogP contribution in [0.25, 0.3) is 0 Å². The number of aliphatic imine (C=N–C) groups is 1. The number of benzene rings is 2. The number of carbonyl (C=O) groups excluding carboxylic acids is 1. The molecule has 4 rings (SSSR count). The number of carbonyl (C=O) groups is 1. The van der Waals surface area contributed by atoms with Gasteiger partial charge in [-0.15, -0.1) is 0 Å². The smallest absolute Gasteiger partial charge is 0.341 e. The minimum absolute atomic E-state index is 0.0616. The van der Waals surface area contributed by atoms with Crippen molar-refractivity contribution in [1.82, 2.24) is 9.80 Å². The van der Waals surface area contributed by atoms with E-state index in [9.17, 15) is 4.79 Å². The lowest BCUT2D eigenvalue weighted by molar-refractivity contribution is -0.137. The van der Waals surface area contributed by atoms with Crippen molar-refractivity contribution >= 4 is 52.1 Å². The van der Waals surface area contributed by atoms with Crippen LogP contribution in [0.3, 0.4) is 0 Å². The van der Waals surface area contributed by atoms with Crippen LogP contribution in [0, 0.1) is 0 Å². The summed E-state index contributed by atoms with van der Waals surface area (Å²) < 4.78 is 16.3. The maximum Gasteiger partial charge on any atom is 0.341 e. The van der Waals surface area contributed by atoms with E-state index in [0.29, 0.717) is 23.9 Å².